The average Bonchev–Trinajstić information content (AvgIpc) is 3.45. The molecule has 8 nitrogen and oxygen atoms in total. The van der Waals surface area contributed by atoms with Gasteiger partial charge in [-0.05, 0) is 54.8 Å². The van der Waals surface area contributed by atoms with Crippen molar-refractivity contribution in [3.8, 4) is 11.3 Å². The van der Waals surface area contributed by atoms with Gasteiger partial charge in [0.2, 0.25) is 11.8 Å². The highest BCUT2D eigenvalue weighted by molar-refractivity contribution is 7.91. The standard InChI is InChI=1S/C27H27F3N4O4S/c1-18(35)33-13-9-20-15-23(7-8-25(20)33)39(37,38)14-10-26(36)32-11-2-12-34-22(17-32)16-24(31-34)19-3-5-21(6-4-19)27(28,29)30/h3-8,15-16H,2,9-14,17H2,1H3. The maximum atomic E-state index is 13.0. The quantitative estimate of drug-likeness (QED) is 0.469. The summed E-state index contributed by atoms with van der Waals surface area (Å²) in [5.74, 6) is -0.735. The summed E-state index contributed by atoms with van der Waals surface area (Å²) >= 11 is 0. The highest BCUT2D eigenvalue weighted by Gasteiger charge is 2.30. The van der Waals surface area contributed by atoms with Gasteiger partial charge in [-0.2, -0.15) is 18.3 Å². The van der Waals surface area contributed by atoms with Gasteiger partial charge >= 0.3 is 6.18 Å². The Morgan fingerprint density at radius 3 is 2.44 bits per heavy atom. The van der Waals surface area contributed by atoms with Crippen LogP contribution < -0.4 is 4.90 Å². The smallest absolute Gasteiger partial charge is 0.337 e. The number of halogens is 3. The predicted molar refractivity (Wildman–Crippen MR) is 138 cm³/mol. The van der Waals surface area contributed by atoms with Gasteiger partial charge in [0.25, 0.3) is 0 Å². The van der Waals surface area contributed by atoms with Gasteiger partial charge in [0.1, 0.15) is 0 Å². The molecule has 12 heteroatoms. The number of nitrogens with zero attached hydrogens (tertiary/aromatic N) is 4. The fourth-order valence-electron chi connectivity index (χ4n) is 5.04. The van der Waals surface area contributed by atoms with E-state index in [0.717, 1.165) is 29.1 Å². The molecule has 206 valence electrons. The largest absolute Gasteiger partial charge is 0.416 e. The Hall–Kier alpha value is -3.67. The third kappa shape index (κ3) is 5.56. The Morgan fingerprint density at radius 2 is 1.74 bits per heavy atom. The molecular formula is C27H27F3N4O4S. The second-order valence-corrected chi connectivity index (χ2v) is 11.9. The van der Waals surface area contributed by atoms with Crippen molar-refractivity contribution in [2.75, 3.05) is 23.7 Å². The Bertz CT molecular complexity index is 1530. The van der Waals surface area contributed by atoms with Crippen molar-refractivity contribution >= 4 is 27.3 Å². The molecule has 0 spiro atoms. The summed E-state index contributed by atoms with van der Waals surface area (Å²) in [5.41, 5.74) is 2.55. The van der Waals surface area contributed by atoms with Crippen LogP contribution in [0, 0.1) is 0 Å². The van der Waals surface area contributed by atoms with Crippen LogP contribution in [0.3, 0.4) is 0 Å². The highest BCUT2D eigenvalue weighted by atomic mass is 32.2. The van der Waals surface area contributed by atoms with E-state index < -0.39 is 21.6 Å². The number of carbonyl (C=O) groups is 2. The fraction of sp³-hybridized carbons (Fsp3) is 0.370. The van der Waals surface area contributed by atoms with E-state index in [4.69, 9.17) is 0 Å². The van der Waals surface area contributed by atoms with E-state index in [-0.39, 0.29) is 35.4 Å². The molecule has 0 unspecified atom stereocenters. The number of alkyl halides is 3. The van der Waals surface area contributed by atoms with Gasteiger partial charge in [0, 0.05) is 44.2 Å². The zero-order chi connectivity index (χ0) is 27.9. The number of sulfone groups is 1. The van der Waals surface area contributed by atoms with Gasteiger partial charge in [0.05, 0.1) is 34.1 Å². The van der Waals surface area contributed by atoms with Gasteiger partial charge in [-0.25, -0.2) is 8.42 Å². The van der Waals surface area contributed by atoms with Gasteiger partial charge in [-0.1, -0.05) is 12.1 Å². The minimum atomic E-state index is -4.42. The van der Waals surface area contributed by atoms with Crippen LogP contribution in [0.5, 0.6) is 0 Å². The SMILES string of the molecule is CC(=O)N1CCc2cc(S(=O)(=O)CCC(=O)N3CCCn4nc(-c5ccc(C(F)(F)F)cc5)cc4C3)ccc21. The third-order valence-electron chi connectivity index (χ3n) is 7.15. The van der Waals surface area contributed by atoms with E-state index >= 15 is 0 Å². The van der Waals surface area contributed by atoms with Crippen molar-refractivity contribution in [2.45, 2.75) is 50.3 Å². The molecule has 2 aromatic carbocycles. The second-order valence-electron chi connectivity index (χ2n) is 9.77. The number of rotatable bonds is 5. The molecule has 3 aromatic rings. The van der Waals surface area contributed by atoms with Gasteiger partial charge in [-0.3, -0.25) is 14.3 Å². The molecule has 0 aliphatic carbocycles. The molecule has 1 aromatic heterocycles. The number of carbonyl (C=O) groups excluding carboxylic acids is 2. The first-order valence-corrected chi connectivity index (χ1v) is 14.2. The average molecular weight is 561 g/mol. The zero-order valence-electron chi connectivity index (χ0n) is 21.2. The van der Waals surface area contributed by atoms with E-state index in [1.54, 1.807) is 32.7 Å². The molecule has 5 rings (SSSR count). The molecule has 0 bridgehead atoms. The molecule has 0 fully saturated rings. The number of amides is 2. The van der Waals surface area contributed by atoms with Crippen LogP contribution in [0.2, 0.25) is 0 Å². The van der Waals surface area contributed by atoms with Crippen LogP contribution >= 0.6 is 0 Å². The lowest BCUT2D eigenvalue weighted by Gasteiger charge is -2.20. The summed E-state index contributed by atoms with van der Waals surface area (Å²) in [6.07, 6.45) is -3.42. The number of aromatic nitrogens is 2. The van der Waals surface area contributed by atoms with Crippen LogP contribution in [0.25, 0.3) is 11.3 Å². The Labute approximate surface area is 223 Å². The van der Waals surface area contributed by atoms with Crippen LogP contribution in [0.15, 0.2) is 53.4 Å². The lowest BCUT2D eigenvalue weighted by Crippen LogP contribution is -2.32. The maximum Gasteiger partial charge on any atom is 0.416 e. The van der Waals surface area contributed by atoms with Crippen molar-refractivity contribution < 1.29 is 31.2 Å². The Morgan fingerprint density at radius 1 is 1.00 bits per heavy atom. The molecule has 2 aliphatic rings. The molecule has 2 amide bonds. The number of fused-ring (bicyclic) bond motifs is 2. The molecule has 0 N–H and O–H groups in total. The lowest BCUT2D eigenvalue weighted by molar-refractivity contribution is -0.137. The van der Waals surface area contributed by atoms with Crippen molar-refractivity contribution in [3.63, 3.8) is 0 Å². The summed E-state index contributed by atoms with van der Waals surface area (Å²) in [6, 6.07) is 11.2. The first-order chi connectivity index (χ1) is 18.4. The predicted octanol–water partition coefficient (Wildman–Crippen LogP) is 4.07. The molecule has 3 heterocycles. The number of anilines is 1. The van der Waals surface area contributed by atoms with Gasteiger partial charge < -0.3 is 9.80 Å². The Kier molecular flexibility index (Phi) is 7.00. The first-order valence-electron chi connectivity index (χ1n) is 12.6. The normalized spacial score (nSPS) is 15.6. The van der Waals surface area contributed by atoms with Gasteiger partial charge in [0.15, 0.2) is 9.84 Å². The van der Waals surface area contributed by atoms with E-state index in [9.17, 15) is 31.2 Å². The summed E-state index contributed by atoms with van der Waals surface area (Å²) in [5, 5.41) is 4.51. The molecule has 0 saturated carbocycles. The molecule has 0 saturated heterocycles. The summed E-state index contributed by atoms with van der Waals surface area (Å²) in [7, 11) is -3.72. The molecule has 0 atom stereocenters. The molecule has 2 aliphatic heterocycles. The summed E-state index contributed by atoms with van der Waals surface area (Å²) in [6.45, 7) is 3.18. The summed E-state index contributed by atoms with van der Waals surface area (Å²) < 4.78 is 66.4. The van der Waals surface area contributed by atoms with Crippen molar-refractivity contribution in [3.05, 3.63) is 65.4 Å². The van der Waals surface area contributed by atoms with Crippen LogP contribution in [-0.4, -0.2) is 53.8 Å². The maximum absolute atomic E-state index is 13.0. The summed E-state index contributed by atoms with van der Waals surface area (Å²) in [4.78, 5) is 28.1. The number of hydrogen-bond acceptors (Lipinski definition) is 5. The third-order valence-corrected chi connectivity index (χ3v) is 8.86. The van der Waals surface area contributed by atoms with Crippen molar-refractivity contribution in [1.82, 2.24) is 14.7 Å². The fourth-order valence-corrected chi connectivity index (χ4v) is 6.32. The highest BCUT2D eigenvalue weighted by Crippen LogP contribution is 2.32. The van der Waals surface area contributed by atoms with Crippen LogP contribution in [0.4, 0.5) is 18.9 Å². The molecular weight excluding hydrogens is 533 g/mol. The molecule has 0 radical (unpaired) electrons. The second kappa shape index (κ2) is 10.1. The van der Waals surface area contributed by atoms with E-state index in [2.05, 4.69) is 5.10 Å². The molecule has 39 heavy (non-hydrogen) atoms. The van der Waals surface area contributed by atoms with Crippen LogP contribution in [0.1, 0.15) is 36.6 Å². The van der Waals surface area contributed by atoms with Gasteiger partial charge in [-0.15, -0.1) is 0 Å². The Balaban J connectivity index is 1.25. The van der Waals surface area contributed by atoms with E-state index in [0.29, 0.717) is 43.7 Å². The van der Waals surface area contributed by atoms with Crippen molar-refractivity contribution in [1.29, 1.82) is 0 Å². The first kappa shape index (κ1) is 26.9. The van der Waals surface area contributed by atoms with Crippen LogP contribution in [-0.2, 0) is 45.1 Å². The topological polar surface area (TPSA) is 92.6 Å². The lowest BCUT2D eigenvalue weighted by atomic mass is 10.1. The number of hydrogen-bond donors (Lipinski definition) is 0. The van der Waals surface area contributed by atoms with E-state index in [1.807, 2.05) is 0 Å². The minimum absolute atomic E-state index is 0.0970. The van der Waals surface area contributed by atoms with E-state index in [1.165, 1.54) is 25.1 Å². The minimum Gasteiger partial charge on any atom is -0.337 e. The zero-order valence-corrected chi connectivity index (χ0v) is 22.1. The van der Waals surface area contributed by atoms with Crippen molar-refractivity contribution in [2.24, 2.45) is 0 Å². The monoisotopic (exact) mass is 560 g/mol. The number of aryl methyl sites for hydroxylation is 1. The number of benzene rings is 2.